The van der Waals surface area contributed by atoms with Crippen molar-refractivity contribution >= 4 is 23.4 Å². The van der Waals surface area contributed by atoms with Crippen molar-refractivity contribution in [1.82, 2.24) is 9.97 Å². The minimum Gasteiger partial charge on any atom is -0.491 e. The summed E-state index contributed by atoms with van der Waals surface area (Å²) in [6, 6.07) is 7.79. The SMILES string of the molecule is COCCOc1cccc(Nc2ncc(C(N)=O)c(NC3CC3)n2)c1. The summed E-state index contributed by atoms with van der Waals surface area (Å²) < 4.78 is 10.5. The van der Waals surface area contributed by atoms with Gasteiger partial charge in [-0.3, -0.25) is 4.79 Å². The fourth-order valence-corrected chi connectivity index (χ4v) is 2.19. The lowest BCUT2D eigenvalue weighted by molar-refractivity contribution is 0.100. The lowest BCUT2D eigenvalue weighted by Gasteiger charge is -2.12. The van der Waals surface area contributed by atoms with E-state index in [-0.39, 0.29) is 5.56 Å². The van der Waals surface area contributed by atoms with Crippen molar-refractivity contribution < 1.29 is 14.3 Å². The molecule has 8 nitrogen and oxygen atoms in total. The van der Waals surface area contributed by atoms with Gasteiger partial charge in [0, 0.05) is 31.1 Å². The van der Waals surface area contributed by atoms with Gasteiger partial charge in [-0.25, -0.2) is 4.98 Å². The molecule has 3 rings (SSSR count). The first kappa shape index (κ1) is 17.0. The number of carbonyl (C=O) groups is 1. The number of hydrogen-bond donors (Lipinski definition) is 3. The van der Waals surface area contributed by atoms with E-state index in [9.17, 15) is 4.79 Å². The Hall–Kier alpha value is -2.87. The molecule has 0 bridgehead atoms. The van der Waals surface area contributed by atoms with Gasteiger partial charge in [-0.1, -0.05) is 6.07 Å². The second-order valence-electron chi connectivity index (χ2n) is 5.73. The summed E-state index contributed by atoms with van der Waals surface area (Å²) >= 11 is 0. The summed E-state index contributed by atoms with van der Waals surface area (Å²) in [6.45, 7) is 0.991. The van der Waals surface area contributed by atoms with Gasteiger partial charge < -0.3 is 25.8 Å². The standard InChI is InChI=1S/C17H21N5O3/c1-24-7-8-25-13-4-2-3-12(9-13)21-17-19-10-14(15(18)23)16(22-17)20-11-5-6-11/h2-4,9-11H,5-8H2,1H3,(H2,18,23)(H2,19,20,21,22). The third-order valence-corrected chi connectivity index (χ3v) is 3.62. The smallest absolute Gasteiger partial charge is 0.254 e. The highest BCUT2D eigenvalue weighted by Crippen LogP contribution is 2.27. The summed E-state index contributed by atoms with van der Waals surface area (Å²) in [5.41, 5.74) is 6.45. The summed E-state index contributed by atoms with van der Waals surface area (Å²) in [4.78, 5) is 20.1. The molecule has 1 aromatic heterocycles. The second-order valence-corrected chi connectivity index (χ2v) is 5.73. The van der Waals surface area contributed by atoms with E-state index >= 15 is 0 Å². The van der Waals surface area contributed by atoms with Crippen LogP contribution >= 0.6 is 0 Å². The molecule has 1 amide bonds. The Morgan fingerprint density at radius 3 is 2.92 bits per heavy atom. The minimum absolute atomic E-state index is 0.286. The third kappa shape index (κ3) is 4.80. The number of hydrogen-bond acceptors (Lipinski definition) is 7. The van der Waals surface area contributed by atoms with Gasteiger partial charge in [-0.2, -0.15) is 4.98 Å². The Morgan fingerprint density at radius 1 is 1.36 bits per heavy atom. The highest BCUT2D eigenvalue weighted by atomic mass is 16.5. The van der Waals surface area contributed by atoms with Crippen LogP contribution in [-0.4, -0.2) is 42.2 Å². The summed E-state index contributed by atoms with van der Waals surface area (Å²) in [7, 11) is 1.63. The van der Waals surface area contributed by atoms with E-state index in [2.05, 4.69) is 20.6 Å². The van der Waals surface area contributed by atoms with Crippen molar-refractivity contribution in [2.45, 2.75) is 18.9 Å². The van der Waals surface area contributed by atoms with E-state index < -0.39 is 5.91 Å². The number of rotatable bonds is 9. The maximum Gasteiger partial charge on any atom is 0.254 e. The van der Waals surface area contributed by atoms with Crippen LogP contribution in [0.3, 0.4) is 0 Å². The molecular formula is C17H21N5O3. The van der Waals surface area contributed by atoms with Gasteiger partial charge in [-0.05, 0) is 25.0 Å². The fraction of sp³-hybridized carbons (Fsp3) is 0.353. The van der Waals surface area contributed by atoms with Gasteiger partial charge in [-0.15, -0.1) is 0 Å². The number of methoxy groups -OCH3 is 1. The number of ether oxygens (including phenoxy) is 2. The Balaban J connectivity index is 1.73. The van der Waals surface area contributed by atoms with E-state index in [1.807, 2.05) is 24.3 Å². The van der Waals surface area contributed by atoms with Gasteiger partial charge in [0.05, 0.1) is 12.2 Å². The van der Waals surface area contributed by atoms with E-state index in [0.717, 1.165) is 18.5 Å². The molecule has 0 aliphatic heterocycles. The molecule has 1 heterocycles. The van der Waals surface area contributed by atoms with Gasteiger partial charge in [0.2, 0.25) is 5.95 Å². The van der Waals surface area contributed by atoms with E-state index in [0.29, 0.717) is 36.8 Å². The molecule has 132 valence electrons. The van der Waals surface area contributed by atoms with E-state index in [4.69, 9.17) is 15.2 Å². The zero-order chi connectivity index (χ0) is 17.6. The molecule has 0 unspecified atom stereocenters. The van der Waals surface area contributed by atoms with Gasteiger partial charge in [0.25, 0.3) is 5.91 Å². The third-order valence-electron chi connectivity index (χ3n) is 3.62. The van der Waals surface area contributed by atoms with Crippen LogP contribution in [0.2, 0.25) is 0 Å². The van der Waals surface area contributed by atoms with Crippen LogP contribution in [-0.2, 0) is 4.74 Å². The molecule has 1 aliphatic carbocycles. The van der Waals surface area contributed by atoms with Crippen LogP contribution in [0.1, 0.15) is 23.2 Å². The summed E-state index contributed by atoms with van der Waals surface area (Å²) in [5.74, 6) is 0.998. The van der Waals surface area contributed by atoms with Crippen molar-refractivity contribution in [3.05, 3.63) is 36.0 Å². The maximum absolute atomic E-state index is 11.5. The van der Waals surface area contributed by atoms with Crippen LogP contribution < -0.4 is 21.1 Å². The van der Waals surface area contributed by atoms with Crippen molar-refractivity contribution in [2.75, 3.05) is 31.0 Å². The lowest BCUT2D eigenvalue weighted by atomic mass is 10.3. The molecule has 8 heteroatoms. The molecule has 25 heavy (non-hydrogen) atoms. The van der Waals surface area contributed by atoms with Gasteiger partial charge in [0.1, 0.15) is 18.2 Å². The molecular weight excluding hydrogens is 322 g/mol. The van der Waals surface area contributed by atoms with Crippen molar-refractivity contribution in [1.29, 1.82) is 0 Å². The normalized spacial score (nSPS) is 13.3. The van der Waals surface area contributed by atoms with Crippen molar-refractivity contribution in [3.63, 3.8) is 0 Å². The Bertz CT molecular complexity index is 749. The monoisotopic (exact) mass is 343 g/mol. The molecule has 2 aromatic rings. The average molecular weight is 343 g/mol. The molecule has 1 saturated carbocycles. The maximum atomic E-state index is 11.5. The molecule has 0 saturated heterocycles. The quantitative estimate of drug-likeness (QED) is 0.596. The Labute approximate surface area is 145 Å². The number of nitrogens with two attached hydrogens (primary N) is 1. The highest BCUT2D eigenvalue weighted by molar-refractivity contribution is 5.97. The van der Waals surface area contributed by atoms with Gasteiger partial charge >= 0.3 is 0 Å². The molecule has 0 radical (unpaired) electrons. The number of carbonyl (C=O) groups excluding carboxylic acids is 1. The molecule has 0 spiro atoms. The zero-order valence-electron chi connectivity index (χ0n) is 14.0. The number of amides is 1. The zero-order valence-corrected chi connectivity index (χ0v) is 14.0. The summed E-state index contributed by atoms with van der Waals surface area (Å²) in [6.07, 6.45) is 3.55. The number of aromatic nitrogens is 2. The fourth-order valence-electron chi connectivity index (χ4n) is 2.19. The molecule has 0 atom stereocenters. The molecule has 1 aromatic carbocycles. The topological polar surface area (TPSA) is 111 Å². The van der Waals surface area contributed by atoms with Crippen LogP contribution in [0.15, 0.2) is 30.5 Å². The Morgan fingerprint density at radius 2 is 2.20 bits per heavy atom. The van der Waals surface area contributed by atoms with Crippen LogP contribution in [0, 0.1) is 0 Å². The van der Waals surface area contributed by atoms with Crippen LogP contribution in [0.25, 0.3) is 0 Å². The Kier molecular flexibility index (Phi) is 5.30. The minimum atomic E-state index is -0.553. The average Bonchev–Trinajstić information content (AvgIpc) is 3.39. The molecule has 4 N–H and O–H groups in total. The molecule has 1 fully saturated rings. The summed E-state index contributed by atoms with van der Waals surface area (Å²) in [5, 5.41) is 6.32. The van der Waals surface area contributed by atoms with Gasteiger partial charge in [0.15, 0.2) is 0 Å². The van der Waals surface area contributed by atoms with E-state index in [1.54, 1.807) is 7.11 Å². The predicted molar refractivity (Wildman–Crippen MR) is 94.3 cm³/mol. The number of nitrogens with one attached hydrogen (secondary N) is 2. The largest absolute Gasteiger partial charge is 0.491 e. The van der Waals surface area contributed by atoms with Crippen LogP contribution in [0.4, 0.5) is 17.5 Å². The first-order chi connectivity index (χ1) is 12.2. The van der Waals surface area contributed by atoms with E-state index in [1.165, 1.54) is 6.20 Å². The van der Waals surface area contributed by atoms with Crippen LogP contribution in [0.5, 0.6) is 5.75 Å². The molecule has 1 aliphatic rings. The van der Waals surface area contributed by atoms with Crippen molar-refractivity contribution in [3.8, 4) is 5.75 Å². The lowest BCUT2D eigenvalue weighted by Crippen LogP contribution is -2.17. The first-order valence-corrected chi connectivity index (χ1v) is 8.08. The van der Waals surface area contributed by atoms with Crippen molar-refractivity contribution in [2.24, 2.45) is 5.73 Å². The second kappa shape index (κ2) is 7.80. The first-order valence-electron chi connectivity index (χ1n) is 8.08. The number of benzene rings is 1. The predicted octanol–water partition coefficient (Wildman–Crippen LogP) is 1.92. The highest BCUT2D eigenvalue weighted by Gasteiger charge is 2.24. The number of anilines is 3. The number of primary amides is 1. The number of nitrogens with zero attached hydrogens (tertiary/aromatic N) is 2.